The first-order valence-electron chi connectivity index (χ1n) is 6.02. The molecule has 3 nitrogen and oxygen atoms in total. The average molecular weight is 234 g/mol. The lowest BCUT2D eigenvalue weighted by Crippen LogP contribution is -2.30. The lowest BCUT2D eigenvalue weighted by Gasteiger charge is -2.29. The van der Waals surface area contributed by atoms with Gasteiger partial charge in [-0.3, -0.25) is 9.59 Å². The molecule has 1 fully saturated rings. The molecule has 0 amide bonds. The molecule has 1 heterocycles. The van der Waals surface area contributed by atoms with E-state index in [9.17, 15) is 9.59 Å². The van der Waals surface area contributed by atoms with Gasteiger partial charge in [-0.05, 0) is 38.7 Å². The average Bonchev–Trinajstić information content (AvgIpc) is 2.49. The van der Waals surface area contributed by atoms with Gasteiger partial charge in [0.25, 0.3) is 0 Å². The highest BCUT2D eigenvalue weighted by Gasteiger charge is 2.49. The predicted octanol–water partition coefficient (Wildman–Crippen LogP) is 2.62. The first-order valence-corrected chi connectivity index (χ1v) is 6.02. The van der Waals surface area contributed by atoms with Gasteiger partial charge in [0.05, 0.1) is 11.8 Å². The molecule has 0 aromatic rings. The highest BCUT2D eigenvalue weighted by molar-refractivity contribution is 5.97. The largest absolute Gasteiger partial charge is 0.393 e. The van der Waals surface area contributed by atoms with Crippen molar-refractivity contribution < 1.29 is 14.3 Å². The molecule has 0 spiro atoms. The highest BCUT2D eigenvalue weighted by atomic mass is 16.6. The number of rotatable bonds is 1. The van der Waals surface area contributed by atoms with E-state index in [4.69, 9.17) is 4.74 Å². The Labute approximate surface area is 102 Å². The van der Waals surface area contributed by atoms with E-state index in [-0.39, 0.29) is 29.7 Å². The Morgan fingerprint density at radius 1 is 1.29 bits per heavy atom. The van der Waals surface area contributed by atoms with Crippen LogP contribution in [0.2, 0.25) is 0 Å². The molecule has 1 aliphatic carbocycles. The van der Waals surface area contributed by atoms with Crippen molar-refractivity contribution in [3.8, 4) is 0 Å². The van der Waals surface area contributed by atoms with Gasteiger partial charge in [-0.25, -0.2) is 0 Å². The molecule has 3 atom stereocenters. The van der Waals surface area contributed by atoms with Gasteiger partial charge >= 0.3 is 11.9 Å². The van der Waals surface area contributed by atoms with E-state index in [0.717, 1.165) is 0 Å². The van der Waals surface area contributed by atoms with Crippen LogP contribution in [0.1, 0.15) is 34.1 Å². The Kier molecular flexibility index (Phi) is 2.94. The quantitative estimate of drug-likeness (QED) is 0.517. The maximum Gasteiger partial charge on any atom is 0.318 e. The molecular weight excluding hydrogens is 216 g/mol. The number of hydrogen-bond donors (Lipinski definition) is 0. The first kappa shape index (κ1) is 12.1. The van der Waals surface area contributed by atoms with Crippen molar-refractivity contribution in [1.82, 2.24) is 0 Å². The molecule has 0 saturated carbocycles. The van der Waals surface area contributed by atoms with Gasteiger partial charge in [-0.15, -0.1) is 0 Å². The molecule has 0 radical (unpaired) electrons. The lowest BCUT2D eigenvalue weighted by molar-refractivity contribution is -0.154. The number of hydrogen-bond acceptors (Lipinski definition) is 3. The third-order valence-corrected chi connectivity index (χ3v) is 3.84. The summed E-state index contributed by atoms with van der Waals surface area (Å²) < 4.78 is 4.76. The predicted molar refractivity (Wildman–Crippen MR) is 64.0 cm³/mol. The van der Waals surface area contributed by atoms with Gasteiger partial charge in [0, 0.05) is 0 Å². The summed E-state index contributed by atoms with van der Waals surface area (Å²) >= 11 is 0. The maximum atomic E-state index is 11.6. The van der Waals surface area contributed by atoms with Crippen molar-refractivity contribution in [3.05, 3.63) is 22.8 Å². The Hall–Kier alpha value is -1.38. The third kappa shape index (κ3) is 1.94. The summed E-state index contributed by atoms with van der Waals surface area (Å²) in [7, 11) is 0. The number of allylic oxidation sites excluding steroid dienone is 4. The van der Waals surface area contributed by atoms with E-state index in [1.54, 1.807) is 0 Å². The van der Waals surface area contributed by atoms with Crippen molar-refractivity contribution in [2.75, 3.05) is 0 Å². The SMILES string of the molecule is CC(C)=CC1=C(C)C(C)[C@@H]2C(=O)OC(=O)[C@@H]2C1. The number of ether oxygens (including phenoxy) is 1. The van der Waals surface area contributed by atoms with Gasteiger partial charge in [0.1, 0.15) is 0 Å². The zero-order chi connectivity index (χ0) is 12.7. The number of cyclic esters (lactones) is 2. The van der Waals surface area contributed by atoms with Crippen LogP contribution in [0, 0.1) is 17.8 Å². The number of fused-ring (bicyclic) bond motifs is 1. The first-order chi connectivity index (χ1) is 7.91. The minimum absolute atomic E-state index is 0.0956. The summed E-state index contributed by atoms with van der Waals surface area (Å²) in [6.07, 6.45) is 2.74. The lowest BCUT2D eigenvalue weighted by atomic mass is 9.71. The zero-order valence-corrected chi connectivity index (χ0v) is 10.7. The van der Waals surface area contributed by atoms with Gasteiger partial charge in [0.2, 0.25) is 0 Å². The van der Waals surface area contributed by atoms with Crippen LogP contribution in [0.5, 0.6) is 0 Å². The molecule has 0 N–H and O–H groups in total. The topological polar surface area (TPSA) is 43.4 Å². The van der Waals surface area contributed by atoms with Crippen LogP contribution in [-0.4, -0.2) is 11.9 Å². The standard InChI is InChI=1S/C14H18O3/c1-7(2)5-10-6-11-12(9(4)8(10)3)14(16)17-13(11)15/h5,9,11-12H,6H2,1-4H3/t9?,11-,12+/m1/s1. The van der Waals surface area contributed by atoms with Crippen molar-refractivity contribution >= 4 is 11.9 Å². The summed E-state index contributed by atoms with van der Waals surface area (Å²) in [5, 5.41) is 0. The van der Waals surface area contributed by atoms with Crippen LogP contribution in [0.4, 0.5) is 0 Å². The fourth-order valence-electron chi connectivity index (χ4n) is 2.80. The van der Waals surface area contributed by atoms with Gasteiger partial charge in [0.15, 0.2) is 0 Å². The molecule has 3 heteroatoms. The number of carbonyl (C=O) groups is 2. The minimum atomic E-state index is -0.348. The number of esters is 2. The molecule has 92 valence electrons. The molecule has 1 aliphatic heterocycles. The fraction of sp³-hybridized carbons (Fsp3) is 0.571. The molecule has 0 aromatic carbocycles. The van der Waals surface area contributed by atoms with E-state index >= 15 is 0 Å². The van der Waals surface area contributed by atoms with E-state index in [1.807, 2.05) is 27.7 Å². The smallest absolute Gasteiger partial charge is 0.318 e. The molecule has 2 rings (SSSR count). The van der Waals surface area contributed by atoms with Crippen LogP contribution in [0.3, 0.4) is 0 Å². The summed E-state index contributed by atoms with van der Waals surface area (Å²) in [4.78, 5) is 23.2. The van der Waals surface area contributed by atoms with Crippen LogP contribution in [0.15, 0.2) is 22.8 Å². The summed E-state index contributed by atoms with van der Waals surface area (Å²) in [5.41, 5.74) is 3.60. The minimum Gasteiger partial charge on any atom is -0.393 e. The van der Waals surface area contributed by atoms with Gasteiger partial charge < -0.3 is 4.74 Å². The molecule has 2 aliphatic rings. The summed E-state index contributed by atoms with van der Waals surface area (Å²) in [6.45, 7) is 8.13. The normalized spacial score (nSPS) is 32.4. The highest BCUT2D eigenvalue weighted by Crippen LogP contribution is 2.43. The monoisotopic (exact) mass is 234 g/mol. The maximum absolute atomic E-state index is 11.6. The molecular formula is C14H18O3. The van der Waals surface area contributed by atoms with E-state index < -0.39 is 0 Å². The van der Waals surface area contributed by atoms with Gasteiger partial charge in [-0.1, -0.05) is 24.1 Å². The van der Waals surface area contributed by atoms with E-state index in [0.29, 0.717) is 6.42 Å². The Morgan fingerprint density at radius 2 is 1.94 bits per heavy atom. The van der Waals surface area contributed by atoms with Crippen LogP contribution in [-0.2, 0) is 14.3 Å². The van der Waals surface area contributed by atoms with E-state index in [2.05, 4.69) is 6.08 Å². The van der Waals surface area contributed by atoms with Crippen LogP contribution < -0.4 is 0 Å². The second-order valence-corrected chi connectivity index (χ2v) is 5.30. The van der Waals surface area contributed by atoms with Gasteiger partial charge in [-0.2, -0.15) is 0 Å². The van der Waals surface area contributed by atoms with Crippen LogP contribution in [0.25, 0.3) is 0 Å². The Balaban J connectivity index is 2.40. The van der Waals surface area contributed by atoms with Crippen molar-refractivity contribution in [2.45, 2.75) is 34.1 Å². The van der Waals surface area contributed by atoms with Crippen molar-refractivity contribution in [1.29, 1.82) is 0 Å². The van der Waals surface area contributed by atoms with Crippen molar-refractivity contribution in [3.63, 3.8) is 0 Å². The zero-order valence-electron chi connectivity index (χ0n) is 10.7. The second kappa shape index (κ2) is 4.13. The number of carbonyl (C=O) groups excluding carboxylic acids is 2. The molecule has 17 heavy (non-hydrogen) atoms. The second-order valence-electron chi connectivity index (χ2n) is 5.30. The summed E-state index contributed by atoms with van der Waals surface area (Å²) in [5.74, 6) is -1.14. The fourth-order valence-corrected chi connectivity index (χ4v) is 2.80. The Morgan fingerprint density at radius 3 is 2.53 bits per heavy atom. The third-order valence-electron chi connectivity index (χ3n) is 3.84. The van der Waals surface area contributed by atoms with E-state index in [1.165, 1.54) is 16.7 Å². The Bertz CT molecular complexity index is 438. The molecule has 1 saturated heterocycles. The van der Waals surface area contributed by atoms with Crippen LogP contribution >= 0.6 is 0 Å². The summed E-state index contributed by atoms with van der Waals surface area (Å²) in [6, 6.07) is 0. The molecule has 0 aromatic heterocycles. The molecule has 0 bridgehead atoms. The van der Waals surface area contributed by atoms with Crippen molar-refractivity contribution in [2.24, 2.45) is 17.8 Å². The molecule has 1 unspecified atom stereocenters.